The molecule has 0 aliphatic rings. The molecule has 16 heavy (non-hydrogen) atoms. The molecule has 0 aliphatic heterocycles. The molecule has 7 heteroatoms. The fourth-order valence-corrected chi connectivity index (χ4v) is 1.57. The Bertz CT molecular complexity index is 408. The van der Waals surface area contributed by atoms with Crippen molar-refractivity contribution in [3.63, 3.8) is 0 Å². The SMILES string of the molecule is O=C(CS)Nc1ccc(Br)c(C(F)(F)F)c1. The molecule has 0 spiro atoms. The lowest BCUT2D eigenvalue weighted by Crippen LogP contribution is -2.14. The molecule has 1 aromatic rings. The van der Waals surface area contributed by atoms with E-state index < -0.39 is 17.6 Å². The third-order valence-corrected chi connectivity index (χ3v) is 2.68. The number of halogens is 4. The Kier molecular flexibility index (Phi) is 4.26. The second-order valence-corrected chi connectivity index (χ2v) is 4.07. The molecular formula is C9H7BrF3NOS. The number of carbonyl (C=O) groups is 1. The Morgan fingerprint density at radius 1 is 1.44 bits per heavy atom. The molecule has 1 rings (SSSR count). The van der Waals surface area contributed by atoms with E-state index in [0.29, 0.717) is 0 Å². The van der Waals surface area contributed by atoms with E-state index in [1.807, 2.05) is 0 Å². The number of hydrogen-bond acceptors (Lipinski definition) is 2. The molecule has 0 unspecified atom stereocenters. The first-order valence-electron chi connectivity index (χ1n) is 4.12. The average molecular weight is 314 g/mol. The molecule has 0 bridgehead atoms. The highest BCUT2D eigenvalue weighted by Gasteiger charge is 2.33. The minimum Gasteiger partial charge on any atom is -0.325 e. The van der Waals surface area contributed by atoms with Gasteiger partial charge in [0.1, 0.15) is 0 Å². The number of amides is 1. The summed E-state index contributed by atoms with van der Waals surface area (Å²) in [5, 5.41) is 2.30. The van der Waals surface area contributed by atoms with Crippen LogP contribution in [0.2, 0.25) is 0 Å². The maximum atomic E-state index is 12.5. The monoisotopic (exact) mass is 313 g/mol. The molecule has 0 aliphatic carbocycles. The van der Waals surface area contributed by atoms with E-state index in [4.69, 9.17) is 0 Å². The van der Waals surface area contributed by atoms with Gasteiger partial charge in [0.2, 0.25) is 5.91 Å². The highest BCUT2D eigenvalue weighted by atomic mass is 79.9. The standard InChI is InChI=1S/C9H7BrF3NOS/c10-7-2-1-5(14-8(15)4-16)3-6(7)9(11,12)13/h1-3,16H,4H2,(H,14,15). The van der Waals surface area contributed by atoms with Gasteiger partial charge in [-0.2, -0.15) is 25.8 Å². The van der Waals surface area contributed by atoms with E-state index in [-0.39, 0.29) is 15.9 Å². The molecule has 0 radical (unpaired) electrons. The first kappa shape index (κ1) is 13.4. The minimum absolute atomic E-state index is 0.0659. The van der Waals surface area contributed by atoms with Crippen molar-refractivity contribution >= 4 is 40.2 Å². The van der Waals surface area contributed by atoms with Gasteiger partial charge < -0.3 is 5.32 Å². The summed E-state index contributed by atoms with van der Waals surface area (Å²) in [6.07, 6.45) is -4.46. The number of hydrogen-bond donors (Lipinski definition) is 2. The Hall–Kier alpha value is -0.690. The van der Waals surface area contributed by atoms with Gasteiger partial charge in [0, 0.05) is 10.2 Å². The first-order chi connectivity index (χ1) is 7.34. The van der Waals surface area contributed by atoms with E-state index in [1.165, 1.54) is 12.1 Å². The summed E-state index contributed by atoms with van der Waals surface area (Å²) in [6, 6.07) is 3.48. The van der Waals surface area contributed by atoms with E-state index in [2.05, 4.69) is 33.9 Å². The van der Waals surface area contributed by atoms with Crippen LogP contribution in [-0.2, 0) is 11.0 Å². The molecule has 0 heterocycles. The van der Waals surface area contributed by atoms with E-state index in [1.54, 1.807) is 0 Å². The summed E-state index contributed by atoms with van der Waals surface area (Å²) in [4.78, 5) is 10.9. The normalized spacial score (nSPS) is 11.3. The lowest BCUT2D eigenvalue weighted by molar-refractivity contribution is -0.138. The van der Waals surface area contributed by atoms with E-state index >= 15 is 0 Å². The number of carbonyl (C=O) groups excluding carboxylic acids is 1. The number of benzene rings is 1. The predicted molar refractivity (Wildman–Crippen MR) is 61.6 cm³/mol. The van der Waals surface area contributed by atoms with Gasteiger partial charge in [0.05, 0.1) is 11.3 Å². The van der Waals surface area contributed by atoms with Crippen molar-refractivity contribution in [2.75, 3.05) is 11.1 Å². The molecule has 0 saturated heterocycles. The fraction of sp³-hybridized carbons (Fsp3) is 0.222. The lowest BCUT2D eigenvalue weighted by atomic mass is 10.2. The molecule has 0 saturated carbocycles. The molecule has 1 amide bonds. The second kappa shape index (κ2) is 5.09. The summed E-state index contributed by atoms with van der Waals surface area (Å²) in [6.45, 7) is 0. The smallest absolute Gasteiger partial charge is 0.325 e. The van der Waals surface area contributed by atoms with Gasteiger partial charge in [0.15, 0.2) is 0 Å². The molecule has 1 aromatic carbocycles. The summed E-state index contributed by atoms with van der Waals surface area (Å²) in [7, 11) is 0. The van der Waals surface area contributed by atoms with E-state index in [0.717, 1.165) is 6.07 Å². The zero-order chi connectivity index (χ0) is 12.3. The van der Waals surface area contributed by atoms with Gasteiger partial charge >= 0.3 is 6.18 Å². The zero-order valence-corrected chi connectivity index (χ0v) is 10.3. The molecule has 0 atom stereocenters. The van der Waals surface area contributed by atoms with Gasteiger partial charge in [-0.3, -0.25) is 4.79 Å². The number of alkyl halides is 3. The number of nitrogens with one attached hydrogen (secondary N) is 1. The fourth-order valence-electron chi connectivity index (χ4n) is 1.02. The molecule has 1 N–H and O–H groups in total. The molecule has 88 valence electrons. The van der Waals surface area contributed by atoms with Crippen LogP contribution >= 0.6 is 28.6 Å². The largest absolute Gasteiger partial charge is 0.417 e. The van der Waals surface area contributed by atoms with Crippen molar-refractivity contribution in [3.05, 3.63) is 28.2 Å². The molecule has 2 nitrogen and oxygen atoms in total. The van der Waals surface area contributed by atoms with E-state index in [9.17, 15) is 18.0 Å². The van der Waals surface area contributed by atoms with Crippen molar-refractivity contribution in [2.24, 2.45) is 0 Å². The minimum atomic E-state index is -4.46. The van der Waals surface area contributed by atoms with Crippen molar-refractivity contribution < 1.29 is 18.0 Å². The first-order valence-corrected chi connectivity index (χ1v) is 5.54. The number of anilines is 1. The Balaban J connectivity index is 3.03. The average Bonchev–Trinajstić information content (AvgIpc) is 2.19. The Labute approximate surface area is 104 Å². The Morgan fingerprint density at radius 2 is 2.06 bits per heavy atom. The van der Waals surface area contributed by atoms with Crippen LogP contribution in [0.4, 0.5) is 18.9 Å². The summed E-state index contributed by atoms with van der Waals surface area (Å²) >= 11 is 6.51. The number of rotatable bonds is 2. The predicted octanol–water partition coefficient (Wildman–Crippen LogP) is 3.34. The molecular weight excluding hydrogens is 307 g/mol. The van der Waals surface area contributed by atoms with Crippen LogP contribution in [0.5, 0.6) is 0 Å². The van der Waals surface area contributed by atoms with Crippen LogP contribution in [0.25, 0.3) is 0 Å². The molecule has 0 aromatic heterocycles. The van der Waals surface area contributed by atoms with Gasteiger partial charge in [-0.05, 0) is 18.2 Å². The third kappa shape index (κ3) is 3.41. The lowest BCUT2D eigenvalue weighted by Gasteiger charge is -2.11. The van der Waals surface area contributed by atoms with Crippen molar-refractivity contribution in [1.82, 2.24) is 0 Å². The Morgan fingerprint density at radius 3 is 2.56 bits per heavy atom. The zero-order valence-electron chi connectivity index (χ0n) is 7.81. The van der Waals surface area contributed by atoms with Crippen LogP contribution < -0.4 is 5.32 Å². The highest BCUT2D eigenvalue weighted by Crippen LogP contribution is 2.36. The van der Waals surface area contributed by atoms with Crippen molar-refractivity contribution in [1.29, 1.82) is 0 Å². The van der Waals surface area contributed by atoms with Gasteiger partial charge in [-0.1, -0.05) is 15.9 Å². The van der Waals surface area contributed by atoms with Crippen LogP contribution in [0.3, 0.4) is 0 Å². The van der Waals surface area contributed by atoms with Crippen LogP contribution in [0.1, 0.15) is 5.56 Å². The summed E-state index contributed by atoms with van der Waals surface area (Å²) in [5.41, 5.74) is -0.737. The molecule has 0 fully saturated rings. The van der Waals surface area contributed by atoms with Gasteiger partial charge in [-0.15, -0.1) is 0 Å². The highest BCUT2D eigenvalue weighted by molar-refractivity contribution is 9.10. The quantitative estimate of drug-likeness (QED) is 0.806. The maximum Gasteiger partial charge on any atom is 0.417 e. The topological polar surface area (TPSA) is 29.1 Å². The van der Waals surface area contributed by atoms with Crippen molar-refractivity contribution in [2.45, 2.75) is 6.18 Å². The van der Waals surface area contributed by atoms with Crippen molar-refractivity contribution in [3.8, 4) is 0 Å². The summed E-state index contributed by atoms with van der Waals surface area (Å²) < 4.78 is 37.4. The van der Waals surface area contributed by atoms with Crippen LogP contribution in [0.15, 0.2) is 22.7 Å². The van der Waals surface area contributed by atoms with Gasteiger partial charge in [-0.25, -0.2) is 0 Å². The van der Waals surface area contributed by atoms with Gasteiger partial charge in [0.25, 0.3) is 0 Å². The summed E-state index contributed by atoms with van der Waals surface area (Å²) in [5.74, 6) is -0.545. The second-order valence-electron chi connectivity index (χ2n) is 2.90. The van der Waals surface area contributed by atoms with Crippen LogP contribution in [0, 0.1) is 0 Å². The van der Waals surface area contributed by atoms with Crippen LogP contribution in [-0.4, -0.2) is 11.7 Å². The third-order valence-electron chi connectivity index (χ3n) is 1.70. The maximum absolute atomic E-state index is 12.5. The number of thiol groups is 1.